The number of hydrogen-bond donors (Lipinski definition) is 0. The molecule has 0 aliphatic heterocycles. The fourth-order valence-electron chi connectivity index (χ4n) is 8.60. The first-order chi connectivity index (χ1) is 26.8. The molecular formula is C52H40N2. The molecule has 0 saturated carbocycles. The van der Waals surface area contributed by atoms with Crippen LogP contribution < -0.4 is 4.90 Å². The van der Waals surface area contributed by atoms with Gasteiger partial charge in [0.15, 0.2) is 0 Å². The van der Waals surface area contributed by atoms with Crippen molar-refractivity contribution in [3.8, 4) is 39.1 Å². The van der Waals surface area contributed by atoms with Crippen molar-refractivity contribution < 1.29 is 0 Å². The quantitative estimate of drug-likeness (QED) is 0.161. The predicted octanol–water partition coefficient (Wildman–Crippen LogP) is 14.0. The number of allylic oxidation sites excluding steroid dienone is 2. The molecule has 0 spiro atoms. The van der Waals surface area contributed by atoms with Crippen LogP contribution in [-0.2, 0) is 12.8 Å². The van der Waals surface area contributed by atoms with Crippen LogP contribution in [0.15, 0.2) is 182 Å². The van der Waals surface area contributed by atoms with E-state index in [1.54, 1.807) is 0 Å². The van der Waals surface area contributed by atoms with E-state index < -0.39 is 0 Å². The highest BCUT2D eigenvalue weighted by atomic mass is 15.1. The molecule has 0 bridgehead atoms. The van der Waals surface area contributed by atoms with Crippen LogP contribution >= 0.6 is 0 Å². The molecule has 0 radical (unpaired) electrons. The molecule has 2 nitrogen and oxygen atoms in total. The highest BCUT2D eigenvalue weighted by Gasteiger charge is 2.22. The molecule has 1 heterocycles. The van der Waals surface area contributed by atoms with Crippen molar-refractivity contribution in [1.29, 1.82) is 0 Å². The molecule has 0 saturated heterocycles. The van der Waals surface area contributed by atoms with E-state index in [-0.39, 0.29) is 0 Å². The number of anilines is 3. The van der Waals surface area contributed by atoms with Crippen LogP contribution in [0.5, 0.6) is 0 Å². The molecule has 2 heteroatoms. The summed E-state index contributed by atoms with van der Waals surface area (Å²) in [6.07, 6.45) is 13.4. The number of aryl methyl sites for hydroxylation is 2. The molecule has 8 aromatic rings. The standard InChI is InChI=1S/C52H40N2/c1-3-16-38(17-4-1)46-23-9-10-24-47(46)39-30-32-43(33-31-39)53(45-34-29-37-15-7-8-18-40(37)35-45)44-22-13-19-41(36-44)48-26-14-28-51-52(48)49-25-11-12-27-50(49)54(51)42-20-5-2-6-21-42/h1-7,9-10,12-17,19-24,26-36H,8,11,18,25H2. The van der Waals surface area contributed by atoms with Crippen molar-refractivity contribution in [2.45, 2.75) is 25.7 Å². The Morgan fingerprint density at radius 3 is 1.89 bits per heavy atom. The molecule has 0 unspecified atom stereocenters. The maximum Gasteiger partial charge on any atom is 0.0543 e. The van der Waals surface area contributed by atoms with Crippen molar-refractivity contribution in [2.24, 2.45) is 0 Å². The van der Waals surface area contributed by atoms with E-state index in [9.17, 15) is 0 Å². The third-order valence-corrected chi connectivity index (χ3v) is 11.1. The highest BCUT2D eigenvalue weighted by molar-refractivity contribution is 6.02. The number of para-hydroxylation sites is 1. The van der Waals surface area contributed by atoms with Crippen LogP contribution in [0.25, 0.3) is 62.1 Å². The van der Waals surface area contributed by atoms with Crippen LogP contribution in [0, 0.1) is 0 Å². The Morgan fingerprint density at radius 1 is 0.444 bits per heavy atom. The molecule has 0 atom stereocenters. The second kappa shape index (κ2) is 13.7. The highest BCUT2D eigenvalue weighted by Crippen LogP contribution is 2.43. The molecule has 0 amide bonds. The fourth-order valence-corrected chi connectivity index (χ4v) is 8.60. The Bertz CT molecular complexity index is 2700. The van der Waals surface area contributed by atoms with Gasteiger partial charge in [0.1, 0.15) is 0 Å². The first-order valence-corrected chi connectivity index (χ1v) is 19.1. The molecule has 258 valence electrons. The lowest BCUT2D eigenvalue weighted by atomic mass is 9.93. The molecule has 54 heavy (non-hydrogen) atoms. The number of aromatic nitrogens is 1. The normalized spacial score (nSPS) is 13.1. The molecule has 2 aliphatic rings. The van der Waals surface area contributed by atoms with E-state index in [1.807, 2.05) is 0 Å². The van der Waals surface area contributed by atoms with Crippen LogP contribution in [0.2, 0.25) is 0 Å². The van der Waals surface area contributed by atoms with Crippen LogP contribution in [-0.4, -0.2) is 4.57 Å². The molecular weight excluding hydrogens is 653 g/mol. The lowest BCUT2D eigenvalue weighted by molar-refractivity contribution is 0.968. The number of benzene rings is 7. The van der Waals surface area contributed by atoms with Crippen molar-refractivity contribution in [2.75, 3.05) is 4.90 Å². The zero-order valence-electron chi connectivity index (χ0n) is 30.2. The Morgan fingerprint density at radius 2 is 1.07 bits per heavy atom. The van der Waals surface area contributed by atoms with Gasteiger partial charge in [-0.1, -0.05) is 133 Å². The maximum absolute atomic E-state index is 2.44. The summed E-state index contributed by atoms with van der Waals surface area (Å²) >= 11 is 0. The van der Waals surface area contributed by atoms with Crippen LogP contribution in [0.3, 0.4) is 0 Å². The fraction of sp³-hybridized carbons (Fsp3) is 0.0769. The number of fused-ring (bicyclic) bond motifs is 4. The number of nitrogens with zero attached hydrogens (tertiary/aromatic N) is 2. The zero-order chi connectivity index (χ0) is 35.8. The van der Waals surface area contributed by atoms with Gasteiger partial charge in [0, 0.05) is 33.8 Å². The second-order valence-corrected chi connectivity index (χ2v) is 14.3. The summed E-state index contributed by atoms with van der Waals surface area (Å²) in [5.74, 6) is 0. The average molecular weight is 693 g/mol. The lowest BCUT2D eigenvalue weighted by Gasteiger charge is -2.27. The molecule has 1 aromatic heterocycles. The summed E-state index contributed by atoms with van der Waals surface area (Å²) in [5.41, 5.74) is 18.8. The van der Waals surface area contributed by atoms with E-state index in [0.717, 1.165) is 37.1 Å². The summed E-state index contributed by atoms with van der Waals surface area (Å²) < 4.78 is 2.44. The first-order valence-electron chi connectivity index (χ1n) is 19.1. The van der Waals surface area contributed by atoms with Gasteiger partial charge in [-0.3, -0.25) is 0 Å². The first kappa shape index (κ1) is 32.0. The topological polar surface area (TPSA) is 8.17 Å². The van der Waals surface area contributed by atoms with Gasteiger partial charge >= 0.3 is 0 Å². The Labute approximate surface area is 317 Å². The minimum atomic E-state index is 1.04. The van der Waals surface area contributed by atoms with Crippen molar-refractivity contribution >= 4 is 40.1 Å². The Kier molecular flexibility index (Phi) is 8.15. The predicted molar refractivity (Wildman–Crippen MR) is 229 cm³/mol. The molecule has 2 aliphatic carbocycles. The van der Waals surface area contributed by atoms with Gasteiger partial charge < -0.3 is 9.47 Å². The average Bonchev–Trinajstić information content (AvgIpc) is 3.59. The maximum atomic E-state index is 2.44. The Balaban J connectivity index is 1.11. The van der Waals surface area contributed by atoms with Gasteiger partial charge in [-0.05, 0) is 136 Å². The van der Waals surface area contributed by atoms with E-state index in [0.29, 0.717) is 0 Å². The van der Waals surface area contributed by atoms with E-state index >= 15 is 0 Å². The number of rotatable bonds is 7. The van der Waals surface area contributed by atoms with Gasteiger partial charge in [-0.25, -0.2) is 0 Å². The molecule has 10 rings (SSSR count). The molecule has 0 N–H and O–H groups in total. The van der Waals surface area contributed by atoms with Gasteiger partial charge in [-0.15, -0.1) is 0 Å². The van der Waals surface area contributed by atoms with E-state index in [2.05, 4.69) is 204 Å². The summed E-state index contributed by atoms with van der Waals surface area (Å²) in [4.78, 5) is 2.43. The SMILES string of the molecule is C1=Cc2ccc(N(c3ccc(-c4ccccc4-c4ccccc4)cc3)c3cccc(-c4cccc5c4c4c(n5-c5ccccc5)C=CCC4)c3)cc2CC1. The summed E-state index contributed by atoms with van der Waals surface area (Å²) in [7, 11) is 0. The van der Waals surface area contributed by atoms with Gasteiger partial charge in [0.2, 0.25) is 0 Å². The summed E-state index contributed by atoms with van der Waals surface area (Å²) in [6.45, 7) is 0. The van der Waals surface area contributed by atoms with Gasteiger partial charge in [-0.2, -0.15) is 0 Å². The smallest absolute Gasteiger partial charge is 0.0543 e. The monoisotopic (exact) mass is 692 g/mol. The Hall–Kier alpha value is -6.64. The third kappa shape index (κ3) is 5.68. The van der Waals surface area contributed by atoms with E-state index in [4.69, 9.17) is 0 Å². The van der Waals surface area contributed by atoms with Crippen molar-refractivity contribution in [1.82, 2.24) is 4.57 Å². The molecule has 7 aromatic carbocycles. The number of hydrogen-bond acceptors (Lipinski definition) is 1. The van der Waals surface area contributed by atoms with E-state index in [1.165, 1.54) is 78.0 Å². The third-order valence-electron chi connectivity index (χ3n) is 11.1. The minimum absolute atomic E-state index is 1.04. The summed E-state index contributed by atoms with van der Waals surface area (Å²) in [6, 6.07) is 62.3. The van der Waals surface area contributed by atoms with Crippen LogP contribution in [0.4, 0.5) is 17.1 Å². The zero-order valence-corrected chi connectivity index (χ0v) is 30.2. The van der Waals surface area contributed by atoms with Crippen molar-refractivity contribution in [3.05, 3.63) is 204 Å². The van der Waals surface area contributed by atoms with Crippen molar-refractivity contribution in [3.63, 3.8) is 0 Å². The summed E-state index contributed by atoms with van der Waals surface area (Å²) in [5, 5.41) is 1.35. The van der Waals surface area contributed by atoms with Gasteiger partial charge in [0.05, 0.1) is 5.52 Å². The van der Waals surface area contributed by atoms with Gasteiger partial charge in [0.25, 0.3) is 0 Å². The molecule has 0 fully saturated rings. The van der Waals surface area contributed by atoms with Crippen LogP contribution in [0.1, 0.15) is 35.2 Å². The second-order valence-electron chi connectivity index (χ2n) is 14.3. The minimum Gasteiger partial charge on any atom is -0.310 e. The largest absolute Gasteiger partial charge is 0.310 e. The lowest BCUT2D eigenvalue weighted by Crippen LogP contribution is -2.11.